The molecule has 2 aliphatic heterocycles. The molecule has 12 nitrogen and oxygen atoms in total. The van der Waals surface area contributed by atoms with Gasteiger partial charge in [0, 0.05) is 30.8 Å². The minimum absolute atomic E-state index is 0.0237. The van der Waals surface area contributed by atoms with Gasteiger partial charge in [-0.15, -0.1) is 0 Å². The van der Waals surface area contributed by atoms with Crippen molar-refractivity contribution in [3.8, 4) is 11.5 Å². The summed E-state index contributed by atoms with van der Waals surface area (Å²) in [5.74, 6) is -1.10. The molecule has 0 saturated carbocycles. The number of amides is 3. The zero-order valence-corrected chi connectivity index (χ0v) is 14.8. The molecule has 1 aromatic carbocycles. The van der Waals surface area contributed by atoms with E-state index in [1.807, 2.05) is 0 Å². The zero-order chi connectivity index (χ0) is 20.5. The van der Waals surface area contributed by atoms with Crippen LogP contribution in [0.2, 0.25) is 0 Å². The molecular formula is C17H15N5O7. The van der Waals surface area contributed by atoms with Crippen LogP contribution in [0.5, 0.6) is 11.5 Å². The molecule has 12 heteroatoms. The highest BCUT2D eigenvalue weighted by Gasteiger charge is 2.36. The second-order valence-corrected chi connectivity index (χ2v) is 6.41. The van der Waals surface area contributed by atoms with Gasteiger partial charge in [0.2, 0.25) is 18.6 Å². The summed E-state index contributed by atoms with van der Waals surface area (Å²) < 4.78 is 10.5. The number of nitrogens with zero attached hydrogens (tertiary/aromatic N) is 2. The van der Waals surface area contributed by atoms with Crippen LogP contribution in [0.1, 0.15) is 16.9 Å². The van der Waals surface area contributed by atoms with E-state index in [9.17, 15) is 24.5 Å². The Labute approximate surface area is 162 Å². The number of hydrazine groups is 1. The molecule has 4 rings (SSSR count). The summed E-state index contributed by atoms with van der Waals surface area (Å²) in [5.41, 5.74) is 4.64. The molecule has 29 heavy (non-hydrogen) atoms. The van der Waals surface area contributed by atoms with E-state index in [4.69, 9.17) is 9.47 Å². The Morgan fingerprint density at radius 1 is 1.21 bits per heavy atom. The highest BCUT2D eigenvalue weighted by atomic mass is 16.7. The summed E-state index contributed by atoms with van der Waals surface area (Å²) in [7, 11) is 0. The molecule has 2 aromatic rings. The van der Waals surface area contributed by atoms with Gasteiger partial charge in [0.15, 0.2) is 11.5 Å². The molecule has 0 bridgehead atoms. The predicted molar refractivity (Wildman–Crippen MR) is 96.1 cm³/mol. The number of nitrogens with one attached hydrogen (secondary N) is 3. The number of carbonyl (C=O) groups excluding carboxylic acids is 3. The van der Waals surface area contributed by atoms with E-state index in [2.05, 4.69) is 15.8 Å². The molecule has 1 unspecified atom stereocenters. The molecule has 3 amide bonds. The van der Waals surface area contributed by atoms with E-state index in [1.165, 1.54) is 4.90 Å². The molecule has 0 spiro atoms. The lowest BCUT2D eigenvalue weighted by Gasteiger charge is -2.17. The Bertz CT molecular complexity index is 1020. The van der Waals surface area contributed by atoms with Gasteiger partial charge in [-0.3, -0.25) is 35.3 Å². The van der Waals surface area contributed by atoms with Crippen molar-refractivity contribution in [3.63, 3.8) is 0 Å². The molecule has 3 heterocycles. The third-order valence-corrected chi connectivity index (χ3v) is 4.59. The second-order valence-electron chi connectivity index (χ2n) is 6.41. The number of carbonyl (C=O) groups is 3. The van der Waals surface area contributed by atoms with Crippen molar-refractivity contribution in [1.29, 1.82) is 0 Å². The van der Waals surface area contributed by atoms with Crippen LogP contribution >= 0.6 is 0 Å². The van der Waals surface area contributed by atoms with Gasteiger partial charge in [0.1, 0.15) is 5.69 Å². The van der Waals surface area contributed by atoms with E-state index < -0.39 is 22.7 Å². The number of benzene rings is 1. The number of fused-ring (bicyclic) bond motifs is 1. The average molecular weight is 401 g/mol. The van der Waals surface area contributed by atoms with Crippen molar-refractivity contribution in [2.75, 3.05) is 18.2 Å². The van der Waals surface area contributed by atoms with Gasteiger partial charge in [0.25, 0.3) is 11.6 Å². The maximum absolute atomic E-state index is 12.3. The predicted octanol–water partition coefficient (Wildman–Crippen LogP) is 0.466. The Morgan fingerprint density at radius 3 is 2.76 bits per heavy atom. The molecule has 2 aliphatic rings. The number of hydrogen-bond donors (Lipinski definition) is 3. The van der Waals surface area contributed by atoms with Crippen LogP contribution in [-0.2, 0) is 9.59 Å². The maximum Gasteiger partial charge on any atom is 0.287 e. The number of hydrogen-bond acceptors (Lipinski definition) is 7. The van der Waals surface area contributed by atoms with E-state index >= 15 is 0 Å². The maximum atomic E-state index is 12.3. The van der Waals surface area contributed by atoms with Crippen LogP contribution in [0.15, 0.2) is 30.5 Å². The Balaban J connectivity index is 1.35. The van der Waals surface area contributed by atoms with Crippen LogP contribution < -0.4 is 25.2 Å². The molecule has 3 N–H and O–H groups in total. The largest absolute Gasteiger partial charge is 0.454 e. The van der Waals surface area contributed by atoms with Crippen LogP contribution in [0.25, 0.3) is 0 Å². The van der Waals surface area contributed by atoms with Crippen molar-refractivity contribution in [1.82, 2.24) is 15.8 Å². The van der Waals surface area contributed by atoms with Crippen LogP contribution in [-0.4, -0.2) is 41.0 Å². The van der Waals surface area contributed by atoms with Crippen LogP contribution in [0, 0.1) is 16.0 Å². The molecule has 0 aliphatic carbocycles. The fourth-order valence-electron chi connectivity index (χ4n) is 3.09. The third-order valence-electron chi connectivity index (χ3n) is 4.59. The topological polar surface area (TPSA) is 156 Å². The summed E-state index contributed by atoms with van der Waals surface area (Å²) in [6, 6.07) is 6.10. The van der Waals surface area contributed by atoms with Gasteiger partial charge in [-0.1, -0.05) is 0 Å². The van der Waals surface area contributed by atoms with Crippen LogP contribution in [0.3, 0.4) is 0 Å². The van der Waals surface area contributed by atoms with E-state index in [0.29, 0.717) is 17.2 Å². The number of rotatable bonds is 4. The SMILES string of the molecule is O=C(NNC(=O)C1CC(=O)N(c2ccc3c(c2)OCO3)C1)c1cc([N+](=O)[O-])c[nH]1. The van der Waals surface area contributed by atoms with Crippen molar-refractivity contribution in [2.45, 2.75) is 6.42 Å². The van der Waals surface area contributed by atoms with Gasteiger partial charge in [-0.2, -0.15) is 0 Å². The Morgan fingerprint density at radius 2 is 2.00 bits per heavy atom. The van der Waals surface area contributed by atoms with Gasteiger partial charge in [0.05, 0.1) is 17.0 Å². The number of aromatic amines is 1. The quantitative estimate of drug-likeness (QED) is 0.496. The van der Waals surface area contributed by atoms with Crippen molar-refractivity contribution >= 4 is 29.1 Å². The van der Waals surface area contributed by atoms with Crippen molar-refractivity contribution < 1.29 is 28.8 Å². The second kappa shape index (κ2) is 7.14. The van der Waals surface area contributed by atoms with E-state index in [1.54, 1.807) is 18.2 Å². The molecule has 0 radical (unpaired) electrons. The zero-order valence-electron chi connectivity index (χ0n) is 14.8. The molecule has 1 atom stereocenters. The van der Waals surface area contributed by atoms with Crippen molar-refractivity contribution in [2.24, 2.45) is 5.92 Å². The lowest BCUT2D eigenvalue weighted by atomic mass is 10.1. The summed E-state index contributed by atoms with van der Waals surface area (Å²) >= 11 is 0. The smallest absolute Gasteiger partial charge is 0.287 e. The third kappa shape index (κ3) is 3.54. The normalized spacial score (nSPS) is 17.3. The lowest BCUT2D eigenvalue weighted by Crippen LogP contribution is -2.45. The molecular weight excluding hydrogens is 386 g/mol. The minimum Gasteiger partial charge on any atom is -0.454 e. The first-order valence-electron chi connectivity index (χ1n) is 8.55. The molecule has 1 saturated heterocycles. The number of nitro groups is 1. The summed E-state index contributed by atoms with van der Waals surface area (Å²) in [5, 5.41) is 10.7. The number of anilines is 1. The van der Waals surface area contributed by atoms with E-state index in [-0.39, 0.29) is 37.0 Å². The highest BCUT2D eigenvalue weighted by Crippen LogP contribution is 2.37. The first-order chi connectivity index (χ1) is 13.9. The average Bonchev–Trinajstić information content (AvgIpc) is 3.43. The summed E-state index contributed by atoms with van der Waals surface area (Å²) in [6.07, 6.45) is 1.04. The van der Waals surface area contributed by atoms with Gasteiger partial charge in [-0.05, 0) is 12.1 Å². The summed E-state index contributed by atoms with van der Waals surface area (Å²) in [6.45, 7) is 0.246. The fourth-order valence-corrected chi connectivity index (χ4v) is 3.09. The van der Waals surface area contributed by atoms with E-state index in [0.717, 1.165) is 12.3 Å². The Kier molecular flexibility index (Phi) is 4.50. The lowest BCUT2D eigenvalue weighted by molar-refractivity contribution is -0.384. The Hall–Kier alpha value is -4.09. The molecule has 150 valence electrons. The fraction of sp³-hybridized carbons (Fsp3) is 0.235. The van der Waals surface area contributed by atoms with Gasteiger partial charge in [-0.25, -0.2) is 0 Å². The minimum atomic E-state index is -0.747. The van der Waals surface area contributed by atoms with Crippen molar-refractivity contribution in [3.05, 3.63) is 46.3 Å². The highest BCUT2D eigenvalue weighted by molar-refractivity contribution is 6.01. The monoisotopic (exact) mass is 401 g/mol. The number of ether oxygens (including phenoxy) is 2. The van der Waals surface area contributed by atoms with Crippen LogP contribution in [0.4, 0.5) is 11.4 Å². The molecule has 1 fully saturated rings. The first-order valence-corrected chi connectivity index (χ1v) is 8.55. The standard InChI is InChI=1S/C17H15N5O7/c23-15-3-9(7-21(15)10-1-2-13-14(5-10)29-8-28-13)16(24)19-20-17(25)12-4-11(6-18-12)22(26)27/h1-2,4-6,9,18H,3,7-8H2,(H,19,24)(H,20,25). The van der Waals surface area contributed by atoms with Gasteiger partial charge < -0.3 is 19.4 Å². The number of H-pyrrole nitrogens is 1. The van der Waals surface area contributed by atoms with Gasteiger partial charge >= 0.3 is 0 Å². The summed E-state index contributed by atoms with van der Waals surface area (Å²) in [4.78, 5) is 50.6. The molecule has 1 aromatic heterocycles. The number of aromatic nitrogens is 1. The first kappa shape index (κ1) is 18.3.